The lowest BCUT2D eigenvalue weighted by atomic mass is 9.86. The summed E-state index contributed by atoms with van der Waals surface area (Å²) < 4.78 is 13.2. The monoisotopic (exact) mass is 261 g/mol. The molecule has 0 aromatic heterocycles. The Morgan fingerprint density at radius 1 is 1.37 bits per heavy atom. The zero-order valence-electron chi connectivity index (χ0n) is 11.3. The molecule has 0 spiro atoms. The summed E-state index contributed by atoms with van der Waals surface area (Å²) in [5, 5.41) is 2.86. The van der Waals surface area contributed by atoms with Crippen molar-refractivity contribution in [3.8, 4) is 0 Å². The lowest BCUT2D eigenvalue weighted by Gasteiger charge is -2.21. The van der Waals surface area contributed by atoms with Crippen LogP contribution in [0.15, 0.2) is 18.2 Å². The molecular formula is C16H20FNO. The predicted molar refractivity (Wildman–Crippen MR) is 73.3 cm³/mol. The maximum atomic E-state index is 13.2. The van der Waals surface area contributed by atoms with Gasteiger partial charge in [-0.15, -0.1) is 0 Å². The Labute approximate surface area is 113 Å². The van der Waals surface area contributed by atoms with Crippen LogP contribution in [0.1, 0.15) is 37.7 Å². The highest BCUT2D eigenvalue weighted by atomic mass is 19.1. The van der Waals surface area contributed by atoms with Crippen molar-refractivity contribution in [2.45, 2.75) is 39.0 Å². The van der Waals surface area contributed by atoms with Crippen LogP contribution >= 0.6 is 0 Å². The van der Waals surface area contributed by atoms with Gasteiger partial charge in [0.15, 0.2) is 0 Å². The maximum Gasteiger partial charge on any atom is 0.224 e. The van der Waals surface area contributed by atoms with E-state index >= 15 is 0 Å². The van der Waals surface area contributed by atoms with Gasteiger partial charge in [-0.2, -0.15) is 0 Å². The van der Waals surface area contributed by atoms with Crippen molar-refractivity contribution >= 4 is 11.6 Å². The topological polar surface area (TPSA) is 29.1 Å². The summed E-state index contributed by atoms with van der Waals surface area (Å²) in [7, 11) is 0. The normalized spacial score (nSPS) is 28.6. The molecule has 2 fully saturated rings. The van der Waals surface area contributed by atoms with Crippen molar-refractivity contribution in [2.75, 3.05) is 5.32 Å². The highest BCUT2D eigenvalue weighted by molar-refractivity contribution is 5.91. The van der Waals surface area contributed by atoms with E-state index < -0.39 is 0 Å². The Bertz CT molecular complexity index is 500. The Balaban J connectivity index is 1.61. The summed E-state index contributed by atoms with van der Waals surface area (Å²) in [5.74, 6) is 1.89. The van der Waals surface area contributed by atoms with E-state index in [1.807, 2.05) is 6.92 Å². The molecule has 0 saturated heterocycles. The molecule has 2 aliphatic rings. The highest BCUT2D eigenvalue weighted by Crippen LogP contribution is 2.49. The van der Waals surface area contributed by atoms with E-state index in [4.69, 9.17) is 0 Å². The van der Waals surface area contributed by atoms with Crippen LogP contribution in [0, 0.1) is 30.5 Å². The number of carbonyl (C=O) groups is 1. The third kappa shape index (κ3) is 2.65. The number of halogens is 1. The van der Waals surface area contributed by atoms with E-state index in [0.717, 1.165) is 17.4 Å². The van der Waals surface area contributed by atoms with Crippen LogP contribution in [-0.2, 0) is 4.79 Å². The summed E-state index contributed by atoms with van der Waals surface area (Å²) in [4.78, 5) is 12.1. The molecule has 3 rings (SSSR count). The van der Waals surface area contributed by atoms with Gasteiger partial charge in [0.25, 0.3) is 0 Å². The van der Waals surface area contributed by atoms with E-state index in [1.54, 1.807) is 6.07 Å². The fraction of sp³-hybridized carbons (Fsp3) is 0.562. The number of hydrogen-bond donors (Lipinski definition) is 1. The first-order valence-electron chi connectivity index (χ1n) is 7.18. The molecule has 0 aliphatic heterocycles. The SMILES string of the molecule is Cc1ccc(F)cc1NC(=O)C[C@H]1C[C@H]2CC[C@H]1C2. The minimum Gasteiger partial charge on any atom is -0.326 e. The van der Waals surface area contributed by atoms with Gasteiger partial charge >= 0.3 is 0 Å². The molecule has 0 unspecified atom stereocenters. The second-order valence-electron chi connectivity index (χ2n) is 6.15. The van der Waals surface area contributed by atoms with Crippen LogP contribution in [0.3, 0.4) is 0 Å². The Morgan fingerprint density at radius 2 is 2.21 bits per heavy atom. The quantitative estimate of drug-likeness (QED) is 0.878. The van der Waals surface area contributed by atoms with Gasteiger partial charge in [0.2, 0.25) is 5.91 Å². The zero-order valence-corrected chi connectivity index (χ0v) is 11.3. The van der Waals surface area contributed by atoms with Gasteiger partial charge in [-0.25, -0.2) is 4.39 Å². The molecule has 2 bridgehead atoms. The van der Waals surface area contributed by atoms with E-state index in [1.165, 1.54) is 37.8 Å². The maximum absolute atomic E-state index is 13.2. The lowest BCUT2D eigenvalue weighted by molar-refractivity contribution is -0.117. The van der Waals surface area contributed by atoms with Crippen molar-refractivity contribution in [1.29, 1.82) is 0 Å². The van der Waals surface area contributed by atoms with Crippen molar-refractivity contribution in [3.63, 3.8) is 0 Å². The largest absolute Gasteiger partial charge is 0.326 e. The number of amides is 1. The molecule has 2 aliphatic carbocycles. The van der Waals surface area contributed by atoms with E-state index in [0.29, 0.717) is 18.0 Å². The zero-order chi connectivity index (χ0) is 13.4. The third-order valence-electron chi connectivity index (χ3n) is 4.81. The van der Waals surface area contributed by atoms with E-state index in [2.05, 4.69) is 5.32 Å². The number of hydrogen-bond acceptors (Lipinski definition) is 1. The molecular weight excluding hydrogens is 241 g/mol. The summed E-state index contributed by atoms with van der Waals surface area (Å²) in [6.45, 7) is 1.88. The number of aryl methyl sites for hydroxylation is 1. The van der Waals surface area contributed by atoms with Crippen LogP contribution < -0.4 is 5.32 Å². The smallest absolute Gasteiger partial charge is 0.224 e. The fourth-order valence-corrected chi connectivity index (χ4v) is 3.79. The van der Waals surface area contributed by atoms with Gasteiger partial charge in [-0.05, 0) is 61.6 Å². The minimum atomic E-state index is -0.305. The van der Waals surface area contributed by atoms with E-state index in [-0.39, 0.29) is 11.7 Å². The van der Waals surface area contributed by atoms with Gasteiger partial charge < -0.3 is 5.32 Å². The van der Waals surface area contributed by atoms with Gasteiger partial charge in [-0.1, -0.05) is 12.5 Å². The predicted octanol–water partition coefficient (Wildman–Crippen LogP) is 3.90. The van der Waals surface area contributed by atoms with Crippen LogP contribution in [0.2, 0.25) is 0 Å². The average Bonchev–Trinajstić information content (AvgIpc) is 2.96. The number of benzene rings is 1. The molecule has 1 aromatic rings. The first-order chi connectivity index (χ1) is 9.11. The molecule has 2 saturated carbocycles. The molecule has 1 N–H and O–H groups in total. The second-order valence-corrected chi connectivity index (χ2v) is 6.15. The van der Waals surface area contributed by atoms with Gasteiger partial charge in [0.1, 0.15) is 5.82 Å². The summed E-state index contributed by atoms with van der Waals surface area (Å²) in [6.07, 6.45) is 5.77. The summed E-state index contributed by atoms with van der Waals surface area (Å²) >= 11 is 0. The molecule has 0 heterocycles. The molecule has 3 atom stereocenters. The molecule has 2 nitrogen and oxygen atoms in total. The highest BCUT2D eigenvalue weighted by Gasteiger charge is 2.40. The summed E-state index contributed by atoms with van der Waals surface area (Å²) in [6, 6.07) is 4.51. The lowest BCUT2D eigenvalue weighted by Crippen LogP contribution is -2.20. The minimum absolute atomic E-state index is 0.0336. The number of anilines is 1. The Kier molecular flexibility index (Phi) is 3.29. The number of nitrogens with one attached hydrogen (secondary N) is 1. The molecule has 3 heteroatoms. The first-order valence-corrected chi connectivity index (χ1v) is 7.18. The standard InChI is InChI=1S/C16H20FNO/c1-10-2-5-14(17)9-15(10)18-16(19)8-13-7-11-3-4-12(13)6-11/h2,5,9,11-13H,3-4,6-8H2,1H3,(H,18,19)/t11-,12-,13+/m0/s1. The van der Waals surface area contributed by atoms with Gasteiger partial charge in [-0.3, -0.25) is 4.79 Å². The van der Waals surface area contributed by atoms with Crippen LogP contribution in [0.4, 0.5) is 10.1 Å². The molecule has 102 valence electrons. The van der Waals surface area contributed by atoms with Crippen molar-refractivity contribution < 1.29 is 9.18 Å². The number of fused-ring (bicyclic) bond motifs is 2. The fourth-order valence-electron chi connectivity index (χ4n) is 3.79. The summed E-state index contributed by atoms with van der Waals surface area (Å²) in [5.41, 5.74) is 1.51. The van der Waals surface area contributed by atoms with E-state index in [9.17, 15) is 9.18 Å². The van der Waals surface area contributed by atoms with Crippen molar-refractivity contribution in [3.05, 3.63) is 29.6 Å². The van der Waals surface area contributed by atoms with Crippen LogP contribution in [-0.4, -0.2) is 5.91 Å². The first kappa shape index (κ1) is 12.6. The Hall–Kier alpha value is -1.38. The Morgan fingerprint density at radius 3 is 2.89 bits per heavy atom. The molecule has 0 radical (unpaired) electrons. The van der Waals surface area contributed by atoms with Crippen molar-refractivity contribution in [1.82, 2.24) is 0 Å². The van der Waals surface area contributed by atoms with Crippen LogP contribution in [0.25, 0.3) is 0 Å². The number of rotatable bonds is 3. The van der Waals surface area contributed by atoms with Gasteiger partial charge in [0.05, 0.1) is 0 Å². The number of carbonyl (C=O) groups excluding carboxylic acids is 1. The third-order valence-corrected chi connectivity index (χ3v) is 4.81. The van der Waals surface area contributed by atoms with Gasteiger partial charge in [0, 0.05) is 12.1 Å². The van der Waals surface area contributed by atoms with Crippen molar-refractivity contribution in [2.24, 2.45) is 17.8 Å². The molecule has 19 heavy (non-hydrogen) atoms. The average molecular weight is 261 g/mol. The molecule has 1 aromatic carbocycles. The second kappa shape index (κ2) is 4.95. The van der Waals surface area contributed by atoms with Crippen LogP contribution in [0.5, 0.6) is 0 Å². The molecule has 1 amide bonds.